The van der Waals surface area contributed by atoms with Crippen LogP contribution in [-0.2, 0) is 4.74 Å². The summed E-state index contributed by atoms with van der Waals surface area (Å²) in [6.07, 6.45) is -0.558. The summed E-state index contributed by atoms with van der Waals surface area (Å²) in [5.41, 5.74) is 1.93. The summed E-state index contributed by atoms with van der Waals surface area (Å²) in [7, 11) is 0. The van der Waals surface area contributed by atoms with Gasteiger partial charge in [-0.25, -0.2) is 14.8 Å². The third kappa shape index (κ3) is 6.82. The Morgan fingerprint density at radius 2 is 1.48 bits per heavy atom. The molecule has 0 spiro atoms. The second kappa shape index (κ2) is 10.5. The number of nitrogens with zero attached hydrogens (tertiary/aromatic N) is 3. The number of alkyl carbamates (subject to hydrolysis) is 1. The molecule has 170 valence electrons. The highest BCUT2D eigenvalue weighted by molar-refractivity contribution is 6.31. The molecule has 0 atom stereocenters. The van der Waals surface area contributed by atoms with Crippen LogP contribution in [0.5, 0.6) is 5.88 Å². The van der Waals surface area contributed by atoms with Crippen molar-refractivity contribution >= 4 is 29.3 Å². The number of rotatable bonds is 6. The van der Waals surface area contributed by atoms with E-state index >= 15 is 0 Å². The number of ether oxygens (including phenoxy) is 2. The lowest BCUT2D eigenvalue weighted by molar-refractivity contribution is 0.0520. The summed E-state index contributed by atoms with van der Waals surface area (Å²) in [6.45, 7) is 5.56. The molecule has 0 aliphatic carbocycles. The summed E-state index contributed by atoms with van der Waals surface area (Å²) in [5.74, 6) is 0.0613. The van der Waals surface area contributed by atoms with Gasteiger partial charge in [0.2, 0.25) is 5.69 Å². The van der Waals surface area contributed by atoms with Gasteiger partial charge in [-0.1, -0.05) is 47.5 Å². The molecule has 0 aliphatic heterocycles. The minimum absolute atomic E-state index is 0.0231. The summed E-state index contributed by atoms with van der Waals surface area (Å²) in [4.78, 5) is 20.9. The molecule has 3 rings (SSSR count). The molecule has 1 amide bonds. The number of aromatic nitrogens is 2. The Hall–Kier alpha value is -3.34. The van der Waals surface area contributed by atoms with Gasteiger partial charge in [-0.15, -0.1) is 0 Å². The molecular weight excluding hydrogens is 463 g/mol. The number of carbonyl (C=O) groups is 1. The molecule has 0 aliphatic rings. The number of carbonyl (C=O) groups excluding carboxylic acids is 1. The van der Waals surface area contributed by atoms with Crippen LogP contribution in [0.15, 0.2) is 48.5 Å². The zero-order valence-electron chi connectivity index (χ0n) is 18.4. The molecule has 2 aromatic carbocycles. The Bertz CT molecular complexity index is 1170. The fourth-order valence-electron chi connectivity index (χ4n) is 2.83. The minimum atomic E-state index is -0.602. The highest BCUT2D eigenvalue weighted by Gasteiger charge is 2.19. The molecule has 1 heterocycles. The fraction of sp³-hybridized carbons (Fsp3) is 0.250. The maximum atomic E-state index is 11.8. The van der Waals surface area contributed by atoms with Crippen molar-refractivity contribution in [2.45, 2.75) is 26.4 Å². The Morgan fingerprint density at radius 1 is 0.970 bits per heavy atom. The lowest BCUT2D eigenvalue weighted by atomic mass is 10.0. The van der Waals surface area contributed by atoms with Gasteiger partial charge in [-0.05, 0) is 45.0 Å². The number of hydrogen-bond donors (Lipinski definition) is 1. The van der Waals surface area contributed by atoms with Crippen LogP contribution in [-0.4, -0.2) is 34.8 Å². The van der Waals surface area contributed by atoms with E-state index in [1.54, 1.807) is 57.2 Å². The Morgan fingerprint density at radius 3 is 1.97 bits per heavy atom. The number of halogens is 2. The van der Waals surface area contributed by atoms with E-state index in [-0.39, 0.29) is 24.7 Å². The zero-order chi connectivity index (χ0) is 24.0. The quantitative estimate of drug-likeness (QED) is 0.437. The van der Waals surface area contributed by atoms with Crippen LogP contribution in [0.4, 0.5) is 4.79 Å². The first-order chi connectivity index (χ1) is 15.7. The van der Waals surface area contributed by atoms with Gasteiger partial charge in [0.05, 0.1) is 12.2 Å². The Kier molecular flexibility index (Phi) is 7.75. The van der Waals surface area contributed by atoms with Crippen molar-refractivity contribution in [3.63, 3.8) is 0 Å². The molecule has 0 saturated heterocycles. The van der Waals surface area contributed by atoms with Crippen LogP contribution in [0.2, 0.25) is 10.0 Å². The van der Waals surface area contributed by atoms with Crippen LogP contribution in [0.3, 0.4) is 0 Å². The number of nitrogens with one attached hydrogen (secondary N) is 1. The van der Waals surface area contributed by atoms with Gasteiger partial charge in [0.25, 0.3) is 5.88 Å². The van der Waals surface area contributed by atoms with Crippen molar-refractivity contribution in [1.29, 1.82) is 5.26 Å². The first-order valence-electron chi connectivity index (χ1n) is 10.1. The van der Waals surface area contributed by atoms with Crippen molar-refractivity contribution in [2.75, 3.05) is 13.2 Å². The van der Waals surface area contributed by atoms with Crippen LogP contribution >= 0.6 is 23.2 Å². The summed E-state index contributed by atoms with van der Waals surface area (Å²) >= 11 is 12.1. The third-order valence-electron chi connectivity index (χ3n) is 4.21. The average molecular weight is 485 g/mol. The third-order valence-corrected chi connectivity index (χ3v) is 4.72. The molecule has 1 N–H and O–H groups in total. The zero-order valence-corrected chi connectivity index (χ0v) is 19.9. The lowest BCUT2D eigenvalue weighted by Crippen LogP contribution is -2.34. The monoisotopic (exact) mass is 484 g/mol. The van der Waals surface area contributed by atoms with E-state index in [1.807, 2.05) is 18.2 Å². The number of hydrogen-bond acceptors (Lipinski definition) is 6. The van der Waals surface area contributed by atoms with Crippen molar-refractivity contribution < 1.29 is 14.3 Å². The Balaban J connectivity index is 1.89. The molecule has 33 heavy (non-hydrogen) atoms. The van der Waals surface area contributed by atoms with Crippen molar-refractivity contribution in [3.8, 4) is 34.5 Å². The Labute approximate surface area is 202 Å². The van der Waals surface area contributed by atoms with Crippen LogP contribution < -0.4 is 10.1 Å². The van der Waals surface area contributed by atoms with Crippen molar-refractivity contribution in [1.82, 2.24) is 15.3 Å². The highest BCUT2D eigenvalue weighted by atomic mass is 35.5. The standard InChI is InChI=1S/C24H22Cl2N4O3/c1-24(2,3)33-23(31)28-12-13-32-22-19(14-27)29-20(15-4-8-17(25)9-5-15)21(30-22)16-6-10-18(26)11-7-16/h4-11H,12-13H2,1-3H3,(H,28,31). The molecule has 7 nitrogen and oxygen atoms in total. The first kappa shape index (κ1) is 24.3. The van der Waals surface area contributed by atoms with E-state index in [0.29, 0.717) is 21.4 Å². The molecule has 1 aromatic heterocycles. The average Bonchev–Trinajstić information content (AvgIpc) is 2.76. The van der Waals surface area contributed by atoms with Crippen molar-refractivity contribution in [3.05, 3.63) is 64.3 Å². The van der Waals surface area contributed by atoms with Gasteiger partial charge >= 0.3 is 6.09 Å². The van der Waals surface area contributed by atoms with E-state index < -0.39 is 11.7 Å². The molecule has 0 bridgehead atoms. The highest BCUT2D eigenvalue weighted by Crippen LogP contribution is 2.33. The predicted molar refractivity (Wildman–Crippen MR) is 127 cm³/mol. The normalized spacial score (nSPS) is 10.9. The molecule has 0 fully saturated rings. The topological polar surface area (TPSA) is 97.1 Å². The van der Waals surface area contributed by atoms with E-state index in [9.17, 15) is 10.1 Å². The van der Waals surface area contributed by atoms with E-state index in [4.69, 9.17) is 32.7 Å². The van der Waals surface area contributed by atoms with Gasteiger partial charge in [0.15, 0.2) is 0 Å². The minimum Gasteiger partial charge on any atom is -0.474 e. The van der Waals surface area contributed by atoms with Gasteiger partial charge < -0.3 is 14.8 Å². The maximum Gasteiger partial charge on any atom is 0.407 e. The summed E-state index contributed by atoms with van der Waals surface area (Å²) in [6, 6.07) is 16.2. The SMILES string of the molecule is CC(C)(C)OC(=O)NCCOc1nc(-c2ccc(Cl)cc2)c(-c2ccc(Cl)cc2)nc1C#N. The van der Waals surface area contributed by atoms with Crippen LogP contribution in [0, 0.1) is 11.3 Å². The molecule has 0 saturated carbocycles. The van der Waals surface area contributed by atoms with Crippen LogP contribution in [0.1, 0.15) is 26.5 Å². The van der Waals surface area contributed by atoms with E-state index in [2.05, 4.69) is 15.3 Å². The second-order valence-corrected chi connectivity index (χ2v) is 8.85. The predicted octanol–water partition coefficient (Wildman–Crippen LogP) is 5.89. The van der Waals surface area contributed by atoms with Gasteiger partial charge in [-0.2, -0.15) is 5.26 Å². The van der Waals surface area contributed by atoms with Crippen molar-refractivity contribution in [2.24, 2.45) is 0 Å². The number of amides is 1. The van der Waals surface area contributed by atoms with Gasteiger partial charge in [-0.3, -0.25) is 0 Å². The summed E-state index contributed by atoms with van der Waals surface area (Å²) in [5, 5.41) is 13.4. The largest absolute Gasteiger partial charge is 0.474 e. The van der Waals surface area contributed by atoms with Gasteiger partial charge in [0, 0.05) is 21.2 Å². The summed E-state index contributed by atoms with van der Waals surface area (Å²) < 4.78 is 10.9. The molecule has 0 unspecified atom stereocenters. The van der Waals surface area contributed by atoms with E-state index in [0.717, 1.165) is 11.1 Å². The number of nitriles is 1. The van der Waals surface area contributed by atoms with Gasteiger partial charge in [0.1, 0.15) is 24.0 Å². The molecule has 3 aromatic rings. The smallest absolute Gasteiger partial charge is 0.407 e. The number of benzene rings is 2. The lowest BCUT2D eigenvalue weighted by Gasteiger charge is -2.19. The molecule has 9 heteroatoms. The second-order valence-electron chi connectivity index (χ2n) is 7.98. The molecular formula is C24H22Cl2N4O3. The van der Waals surface area contributed by atoms with Crippen LogP contribution in [0.25, 0.3) is 22.5 Å². The molecule has 0 radical (unpaired) electrons. The van der Waals surface area contributed by atoms with E-state index in [1.165, 1.54) is 0 Å². The maximum absolute atomic E-state index is 11.8. The fourth-order valence-corrected chi connectivity index (χ4v) is 3.08. The first-order valence-corrected chi connectivity index (χ1v) is 10.9.